The largest absolute Gasteiger partial charge is 0.497 e. The van der Waals surface area contributed by atoms with Gasteiger partial charge in [0.1, 0.15) is 5.75 Å². The average molecular weight is 343 g/mol. The third kappa shape index (κ3) is 3.55. The summed E-state index contributed by atoms with van der Waals surface area (Å²) in [6, 6.07) is 7.34. The summed E-state index contributed by atoms with van der Waals surface area (Å²) in [4.78, 5) is 12.5. The minimum absolute atomic E-state index is 0.106. The molecule has 4 nitrogen and oxygen atoms in total. The maximum Gasteiger partial charge on any atom is 0.220 e. The van der Waals surface area contributed by atoms with Crippen LogP contribution in [0.2, 0.25) is 0 Å². The first-order chi connectivity index (χ1) is 12.0. The van der Waals surface area contributed by atoms with E-state index in [9.17, 15) is 9.90 Å². The molecular formula is C21H29NO3. The molecule has 1 aromatic rings. The molecule has 5 rings (SSSR count). The molecule has 0 radical (unpaired) electrons. The summed E-state index contributed by atoms with van der Waals surface area (Å²) in [5.41, 5.74) is 1.06. The van der Waals surface area contributed by atoms with E-state index in [1.165, 1.54) is 38.5 Å². The van der Waals surface area contributed by atoms with E-state index in [2.05, 4.69) is 5.32 Å². The van der Waals surface area contributed by atoms with E-state index in [-0.39, 0.29) is 17.9 Å². The van der Waals surface area contributed by atoms with E-state index in [0.717, 1.165) is 29.1 Å². The normalized spacial score (nSPS) is 33.9. The van der Waals surface area contributed by atoms with Crippen molar-refractivity contribution in [3.8, 4) is 5.75 Å². The molecule has 4 aliphatic rings. The number of aliphatic hydroxyl groups excluding tert-OH is 1. The van der Waals surface area contributed by atoms with Gasteiger partial charge in [-0.3, -0.25) is 4.79 Å². The molecule has 4 saturated carbocycles. The number of nitrogens with one attached hydrogen (secondary N) is 1. The van der Waals surface area contributed by atoms with E-state index in [1.54, 1.807) is 7.11 Å². The number of methoxy groups -OCH3 is 1. The Bertz CT molecular complexity index is 589. The van der Waals surface area contributed by atoms with Gasteiger partial charge in [-0.1, -0.05) is 12.1 Å². The first-order valence-electron chi connectivity index (χ1n) is 9.64. The van der Waals surface area contributed by atoms with Crippen LogP contribution in [0.15, 0.2) is 24.3 Å². The van der Waals surface area contributed by atoms with Crippen molar-refractivity contribution in [2.75, 3.05) is 13.7 Å². The van der Waals surface area contributed by atoms with Crippen LogP contribution in [-0.2, 0) is 4.79 Å². The molecule has 1 aromatic carbocycles. The van der Waals surface area contributed by atoms with E-state index < -0.39 is 6.10 Å². The van der Waals surface area contributed by atoms with Gasteiger partial charge >= 0.3 is 0 Å². The second kappa shape index (κ2) is 6.64. The Morgan fingerprint density at radius 1 is 1.16 bits per heavy atom. The number of carbonyl (C=O) groups is 1. The van der Waals surface area contributed by atoms with Crippen LogP contribution in [0.25, 0.3) is 0 Å². The van der Waals surface area contributed by atoms with Crippen LogP contribution in [0.5, 0.6) is 5.75 Å². The number of carbonyl (C=O) groups excluding carboxylic acids is 1. The molecule has 2 N–H and O–H groups in total. The van der Waals surface area contributed by atoms with Crippen LogP contribution < -0.4 is 10.1 Å². The highest BCUT2D eigenvalue weighted by Crippen LogP contribution is 2.61. The predicted octanol–water partition coefficient (Wildman–Crippen LogP) is 3.45. The molecule has 0 aliphatic heterocycles. The van der Waals surface area contributed by atoms with Crippen molar-refractivity contribution in [1.29, 1.82) is 0 Å². The van der Waals surface area contributed by atoms with Crippen LogP contribution in [0.3, 0.4) is 0 Å². The predicted molar refractivity (Wildman–Crippen MR) is 96.2 cm³/mol. The zero-order valence-corrected chi connectivity index (χ0v) is 15.0. The zero-order valence-electron chi connectivity index (χ0n) is 15.0. The van der Waals surface area contributed by atoms with Crippen LogP contribution in [0.1, 0.15) is 56.6 Å². The van der Waals surface area contributed by atoms with Crippen molar-refractivity contribution in [3.05, 3.63) is 29.8 Å². The number of benzene rings is 1. The molecule has 1 atom stereocenters. The summed E-state index contributed by atoms with van der Waals surface area (Å²) in [5, 5.41) is 13.3. The van der Waals surface area contributed by atoms with Crippen molar-refractivity contribution in [1.82, 2.24) is 5.32 Å². The first-order valence-corrected chi connectivity index (χ1v) is 9.64. The summed E-state index contributed by atoms with van der Waals surface area (Å²) in [6.45, 7) is 0.275. The molecular weight excluding hydrogens is 314 g/mol. The molecule has 4 bridgehead atoms. The van der Waals surface area contributed by atoms with Crippen LogP contribution in [0.4, 0.5) is 0 Å². The number of hydrogen-bond donors (Lipinski definition) is 2. The lowest BCUT2D eigenvalue weighted by Gasteiger charge is -2.56. The number of aliphatic hydroxyl groups is 1. The second-order valence-corrected chi connectivity index (χ2v) is 8.69. The van der Waals surface area contributed by atoms with Gasteiger partial charge < -0.3 is 15.2 Å². The van der Waals surface area contributed by atoms with Gasteiger partial charge in [0.25, 0.3) is 0 Å². The number of rotatable bonds is 6. The van der Waals surface area contributed by atoms with Crippen molar-refractivity contribution in [2.24, 2.45) is 23.2 Å². The van der Waals surface area contributed by atoms with Gasteiger partial charge in [-0.2, -0.15) is 0 Å². The summed E-state index contributed by atoms with van der Waals surface area (Å²) >= 11 is 0. The van der Waals surface area contributed by atoms with Crippen molar-refractivity contribution in [2.45, 2.75) is 51.0 Å². The fourth-order valence-electron chi connectivity index (χ4n) is 6.06. The smallest absolute Gasteiger partial charge is 0.220 e. The molecule has 1 amide bonds. The molecule has 136 valence electrons. The Balaban J connectivity index is 1.30. The van der Waals surface area contributed by atoms with Gasteiger partial charge in [-0.25, -0.2) is 0 Å². The van der Waals surface area contributed by atoms with Crippen LogP contribution >= 0.6 is 0 Å². The zero-order chi connectivity index (χ0) is 17.4. The van der Waals surface area contributed by atoms with E-state index >= 15 is 0 Å². The Morgan fingerprint density at radius 3 is 2.24 bits per heavy atom. The Kier molecular flexibility index (Phi) is 4.48. The maximum atomic E-state index is 12.5. The molecule has 4 fully saturated rings. The molecule has 0 heterocycles. The lowest BCUT2D eigenvalue weighted by Crippen LogP contribution is -2.48. The summed E-state index contributed by atoms with van der Waals surface area (Å²) in [7, 11) is 1.62. The number of ether oxygens (including phenoxy) is 1. The fraction of sp³-hybridized carbons (Fsp3) is 0.667. The second-order valence-electron chi connectivity index (χ2n) is 8.69. The van der Waals surface area contributed by atoms with Gasteiger partial charge in [0.15, 0.2) is 0 Å². The molecule has 25 heavy (non-hydrogen) atoms. The lowest BCUT2D eigenvalue weighted by molar-refractivity contribution is -0.129. The Labute approximate surface area is 150 Å². The van der Waals surface area contributed by atoms with Crippen LogP contribution in [-0.4, -0.2) is 24.7 Å². The van der Waals surface area contributed by atoms with Gasteiger partial charge in [0, 0.05) is 13.0 Å². The maximum absolute atomic E-state index is 12.5. The molecule has 4 heteroatoms. The van der Waals surface area contributed by atoms with Crippen LogP contribution in [0, 0.1) is 23.2 Å². The van der Waals surface area contributed by atoms with E-state index in [1.807, 2.05) is 24.3 Å². The Morgan fingerprint density at radius 2 is 1.72 bits per heavy atom. The van der Waals surface area contributed by atoms with Gasteiger partial charge in [-0.15, -0.1) is 0 Å². The molecule has 0 aromatic heterocycles. The average Bonchev–Trinajstić information content (AvgIpc) is 2.58. The third-order valence-electron chi connectivity index (χ3n) is 6.69. The van der Waals surface area contributed by atoms with Crippen molar-refractivity contribution >= 4 is 5.91 Å². The highest BCUT2D eigenvalue weighted by atomic mass is 16.5. The Hall–Kier alpha value is -1.55. The summed E-state index contributed by atoms with van der Waals surface area (Å²) in [6.07, 6.45) is 7.90. The number of amides is 1. The fourth-order valence-corrected chi connectivity index (χ4v) is 6.06. The highest BCUT2D eigenvalue weighted by molar-refractivity contribution is 5.76. The first kappa shape index (κ1) is 16.9. The third-order valence-corrected chi connectivity index (χ3v) is 6.69. The van der Waals surface area contributed by atoms with Gasteiger partial charge in [0.05, 0.1) is 13.2 Å². The molecule has 0 spiro atoms. The van der Waals surface area contributed by atoms with E-state index in [0.29, 0.717) is 6.42 Å². The topological polar surface area (TPSA) is 58.6 Å². The van der Waals surface area contributed by atoms with Crippen molar-refractivity contribution in [3.63, 3.8) is 0 Å². The lowest BCUT2D eigenvalue weighted by atomic mass is 9.49. The monoisotopic (exact) mass is 343 g/mol. The summed E-state index contributed by atoms with van der Waals surface area (Å²) in [5.74, 6) is 3.47. The molecule has 0 saturated heterocycles. The van der Waals surface area contributed by atoms with Gasteiger partial charge in [-0.05, 0) is 79.4 Å². The quantitative estimate of drug-likeness (QED) is 0.832. The van der Waals surface area contributed by atoms with E-state index in [4.69, 9.17) is 4.74 Å². The summed E-state index contributed by atoms with van der Waals surface area (Å²) < 4.78 is 5.13. The molecule has 0 unspecified atom stereocenters. The van der Waals surface area contributed by atoms with Crippen molar-refractivity contribution < 1.29 is 14.6 Å². The minimum Gasteiger partial charge on any atom is -0.497 e. The highest BCUT2D eigenvalue weighted by Gasteiger charge is 2.51. The minimum atomic E-state index is -0.675. The SMILES string of the molecule is COc1ccc([C@H](O)CNC(=O)CC23CC4CC(CC(C4)C2)C3)cc1. The number of hydrogen-bond acceptors (Lipinski definition) is 3. The molecule has 4 aliphatic carbocycles. The van der Waals surface area contributed by atoms with Gasteiger partial charge in [0.2, 0.25) is 5.91 Å². The standard InChI is InChI=1S/C21H29NO3/c1-25-18-4-2-17(3-5-18)19(23)13-22-20(24)12-21-9-14-6-15(10-21)8-16(7-14)11-21/h2-5,14-16,19,23H,6-13H2,1H3,(H,22,24)/t14?,15?,16?,19-,21?/m1/s1.